The maximum absolute atomic E-state index is 13.4. The van der Waals surface area contributed by atoms with Gasteiger partial charge in [0.15, 0.2) is 11.6 Å². The molecule has 0 aliphatic rings. The van der Waals surface area contributed by atoms with Crippen molar-refractivity contribution in [2.75, 3.05) is 13.7 Å². The van der Waals surface area contributed by atoms with Crippen LogP contribution < -0.4 is 10.1 Å². The number of nitrogens with zero attached hydrogens (tertiary/aromatic N) is 2. The molecule has 1 aromatic carbocycles. The topological polar surface area (TPSA) is 47.0 Å². The summed E-state index contributed by atoms with van der Waals surface area (Å²) in [5, 5.41) is 13.4. The normalized spacial score (nSPS) is 11.1. The average molecular weight is 295 g/mol. The second kappa shape index (κ2) is 6.76. The monoisotopic (exact) mass is 295 g/mol. The van der Waals surface area contributed by atoms with Crippen molar-refractivity contribution in [2.24, 2.45) is 0 Å². The summed E-state index contributed by atoms with van der Waals surface area (Å²) in [5.74, 6) is -0.150. The third kappa shape index (κ3) is 3.74. The van der Waals surface area contributed by atoms with Crippen molar-refractivity contribution in [1.29, 1.82) is 0 Å². The van der Waals surface area contributed by atoms with Crippen LogP contribution >= 0.6 is 11.3 Å². The molecule has 2 aromatic rings. The highest BCUT2D eigenvalue weighted by molar-refractivity contribution is 7.14. The van der Waals surface area contributed by atoms with Gasteiger partial charge in [-0.05, 0) is 18.2 Å². The van der Waals surface area contributed by atoms with Crippen LogP contribution in [0.2, 0.25) is 0 Å². The third-order valence-corrected chi connectivity index (χ3v) is 3.79. The largest absolute Gasteiger partial charge is 0.494 e. The van der Waals surface area contributed by atoms with Crippen LogP contribution in [-0.2, 0) is 6.42 Å². The maximum Gasteiger partial charge on any atom is 0.165 e. The first-order valence-corrected chi connectivity index (χ1v) is 7.31. The van der Waals surface area contributed by atoms with Crippen molar-refractivity contribution in [3.63, 3.8) is 0 Å². The van der Waals surface area contributed by atoms with Gasteiger partial charge in [-0.3, -0.25) is 0 Å². The summed E-state index contributed by atoms with van der Waals surface area (Å²) in [7, 11) is 1.45. The van der Waals surface area contributed by atoms with Crippen molar-refractivity contribution in [1.82, 2.24) is 15.5 Å². The van der Waals surface area contributed by atoms with Crippen molar-refractivity contribution < 1.29 is 9.13 Å². The summed E-state index contributed by atoms with van der Waals surface area (Å²) >= 11 is 1.52. The zero-order valence-corrected chi connectivity index (χ0v) is 12.6. The van der Waals surface area contributed by atoms with E-state index in [0.717, 1.165) is 28.5 Å². The smallest absolute Gasteiger partial charge is 0.165 e. The van der Waals surface area contributed by atoms with Crippen LogP contribution in [0.15, 0.2) is 18.2 Å². The van der Waals surface area contributed by atoms with Gasteiger partial charge in [-0.15, -0.1) is 10.2 Å². The number of rotatable bonds is 6. The van der Waals surface area contributed by atoms with Gasteiger partial charge in [0.2, 0.25) is 0 Å². The van der Waals surface area contributed by atoms with E-state index in [1.807, 2.05) is 0 Å². The molecule has 0 aliphatic heterocycles. The molecule has 0 saturated heterocycles. The molecule has 0 unspecified atom stereocenters. The molecular weight excluding hydrogens is 277 g/mol. The Bertz CT molecular complexity index is 571. The van der Waals surface area contributed by atoms with Gasteiger partial charge in [-0.1, -0.05) is 25.2 Å². The Balaban J connectivity index is 2.08. The molecule has 0 fully saturated rings. The molecule has 0 spiro atoms. The van der Waals surface area contributed by atoms with Gasteiger partial charge in [-0.25, -0.2) is 4.39 Å². The van der Waals surface area contributed by atoms with Crippen molar-refractivity contribution >= 4 is 11.3 Å². The lowest BCUT2D eigenvalue weighted by atomic mass is 10.2. The van der Waals surface area contributed by atoms with E-state index in [1.54, 1.807) is 12.1 Å². The molecule has 0 bridgehead atoms. The molecule has 4 nitrogen and oxygen atoms in total. The second-order valence-electron chi connectivity index (χ2n) is 4.71. The molecule has 1 heterocycles. The minimum Gasteiger partial charge on any atom is -0.494 e. The summed E-state index contributed by atoms with van der Waals surface area (Å²) in [6.45, 7) is 5.09. The number of nitrogens with one attached hydrogen (secondary N) is 1. The highest BCUT2D eigenvalue weighted by Gasteiger charge is 2.10. The van der Waals surface area contributed by atoms with Gasteiger partial charge in [0, 0.05) is 24.6 Å². The first-order valence-electron chi connectivity index (χ1n) is 6.50. The van der Waals surface area contributed by atoms with Gasteiger partial charge in [0.25, 0.3) is 0 Å². The van der Waals surface area contributed by atoms with E-state index in [4.69, 9.17) is 4.74 Å². The Labute approximate surface area is 122 Å². The number of methoxy groups -OCH3 is 1. The van der Waals surface area contributed by atoms with Crippen LogP contribution in [0.1, 0.15) is 18.9 Å². The number of halogens is 1. The number of aromatic nitrogens is 2. The van der Waals surface area contributed by atoms with E-state index in [2.05, 4.69) is 29.4 Å². The Kier molecular flexibility index (Phi) is 5.03. The lowest BCUT2D eigenvalue weighted by Crippen LogP contribution is -2.24. The minimum absolute atomic E-state index is 0.223. The van der Waals surface area contributed by atoms with Crippen LogP contribution in [0.4, 0.5) is 4.39 Å². The summed E-state index contributed by atoms with van der Waals surface area (Å²) in [4.78, 5) is 0. The Hall–Kier alpha value is -1.53. The summed E-state index contributed by atoms with van der Waals surface area (Å²) in [6, 6.07) is 5.18. The molecule has 0 amide bonds. The van der Waals surface area contributed by atoms with Gasteiger partial charge in [0.05, 0.1) is 7.11 Å². The number of benzene rings is 1. The van der Waals surface area contributed by atoms with Gasteiger partial charge in [0.1, 0.15) is 10.0 Å². The number of hydrogen-bond acceptors (Lipinski definition) is 5. The molecule has 0 saturated carbocycles. The highest BCUT2D eigenvalue weighted by Crippen LogP contribution is 2.28. The zero-order chi connectivity index (χ0) is 14.5. The highest BCUT2D eigenvalue weighted by atomic mass is 32.1. The molecule has 0 aliphatic carbocycles. The Morgan fingerprint density at radius 3 is 2.85 bits per heavy atom. The molecule has 108 valence electrons. The Morgan fingerprint density at radius 1 is 1.35 bits per heavy atom. The van der Waals surface area contributed by atoms with Crippen LogP contribution in [0, 0.1) is 5.82 Å². The predicted molar refractivity (Wildman–Crippen MR) is 78.7 cm³/mol. The molecule has 0 radical (unpaired) electrons. The minimum atomic E-state index is -0.373. The summed E-state index contributed by atoms with van der Waals surface area (Å²) in [5.41, 5.74) is 0.823. The fourth-order valence-corrected chi connectivity index (χ4v) is 2.57. The van der Waals surface area contributed by atoms with Gasteiger partial charge in [-0.2, -0.15) is 0 Å². The van der Waals surface area contributed by atoms with E-state index in [1.165, 1.54) is 24.5 Å². The van der Waals surface area contributed by atoms with Crippen molar-refractivity contribution in [2.45, 2.75) is 26.3 Å². The second-order valence-corrected chi connectivity index (χ2v) is 5.77. The van der Waals surface area contributed by atoms with E-state index in [0.29, 0.717) is 6.04 Å². The molecule has 6 heteroatoms. The maximum atomic E-state index is 13.4. The van der Waals surface area contributed by atoms with Crippen LogP contribution in [-0.4, -0.2) is 29.9 Å². The first kappa shape index (κ1) is 14.9. The Morgan fingerprint density at radius 2 is 2.15 bits per heavy atom. The fraction of sp³-hybridized carbons (Fsp3) is 0.429. The molecule has 1 N–H and O–H groups in total. The standard InChI is InChI=1S/C14H18FN3OS/c1-9(2)16-7-6-13-17-18-14(20-13)10-4-5-11(15)12(8-10)19-3/h4-5,8-9,16H,6-7H2,1-3H3. The quantitative estimate of drug-likeness (QED) is 0.890. The molecule has 1 aromatic heterocycles. The lowest BCUT2D eigenvalue weighted by Gasteiger charge is -2.05. The van der Waals surface area contributed by atoms with Crippen LogP contribution in [0.25, 0.3) is 10.6 Å². The lowest BCUT2D eigenvalue weighted by molar-refractivity contribution is 0.387. The van der Waals surface area contributed by atoms with E-state index >= 15 is 0 Å². The van der Waals surface area contributed by atoms with E-state index in [9.17, 15) is 4.39 Å². The van der Waals surface area contributed by atoms with Crippen molar-refractivity contribution in [3.8, 4) is 16.3 Å². The van der Waals surface area contributed by atoms with E-state index < -0.39 is 0 Å². The average Bonchev–Trinajstić information content (AvgIpc) is 2.87. The number of ether oxygens (including phenoxy) is 1. The third-order valence-electron chi connectivity index (χ3n) is 2.76. The van der Waals surface area contributed by atoms with Crippen LogP contribution in [0.3, 0.4) is 0 Å². The predicted octanol–water partition coefficient (Wildman–Crippen LogP) is 2.89. The molecule has 0 atom stereocenters. The summed E-state index contributed by atoms with van der Waals surface area (Å²) in [6.07, 6.45) is 0.841. The van der Waals surface area contributed by atoms with Gasteiger partial charge >= 0.3 is 0 Å². The summed E-state index contributed by atoms with van der Waals surface area (Å²) < 4.78 is 18.3. The SMILES string of the molecule is COc1cc(-c2nnc(CCNC(C)C)s2)ccc1F. The van der Waals surface area contributed by atoms with Crippen LogP contribution in [0.5, 0.6) is 5.75 Å². The molecular formula is C14H18FN3OS. The molecule has 20 heavy (non-hydrogen) atoms. The van der Waals surface area contributed by atoms with Gasteiger partial charge < -0.3 is 10.1 Å². The van der Waals surface area contributed by atoms with Crippen molar-refractivity contribution in [3.05, 3.63) is 29.0 Å². The van der Waals surface area contributed by atoms with E-state index in [-0.39, 0.29) is 11.6 Å². The first-order chi connectivity index (χ1) is 9.60. The fourth-order valence-electron chi connectivity index (χ4n) is 1.73. The zero-order valence-electron chi connectivity index (χ0n) is 11.8. The molecule has 2 rings (SSSR count). The number of hydrogen-bond donors (Lipinski definition) is 1.